The average Bonchev–Trinajstić information content (AvgIpc) is 3.77. The van der Waals surface area contributed by atoms with E-state index < -0.39 is 0 Å². The van der Waals surface area contributed by atoms with Crippen molar-refractivity contribution < 1.29 is 4.42 Å². The monoisotopic (exact) mass is 746 g/mol. The molecule has 58 heavy (non-hydrogen) atoms. The van der Waals surface area contributed by atoms with Gasteiger partial charge in [-0.3, -0.25) is 0 Å². The van der Waals surface area contributed by atoms with Gasteiger partial charge in [-0.05, 0) is 109 Å². The highest BCUT2D eigenvalue weighted by Gasteiger charge is 2.46. The van der Waals surface area contributed by atoms with Crippen LogP contribution in [0.5, 0.6) is 0 Å². The molecule has 0 bridgehead atoms. The number of fused-ring (bicyclic) bond motifs is 13. The highest BCUT2D eigenvalue weighted by Crippen LogP contribution is 2.50. The second-order valence-electron chi connectivity index (χ2n) is 18.6. The highest BCUT2D eigenvalue weighted by atomic mass is 16.3. The van der Waals surface area contributed by atoms with Crippen LogP contribution in [0.4, 0.5) is 11.4 Å². The van der Waals surface area contributed by atoms with Crippen LogP contribution in [0.1, 0.15) is 52.7 Å². The molecule has 4 heteroatoms. The van der Waals surface area contributed by atoms with Crippen LogP contribution < -0.4 is 15.7 Å². The van der Waals surface area contributed by atoms with Crippen LogP contribution in [0.25, 0.3) is 82.5 Å². The number of aromatic nitrogens is 1. The molecule has 0 N–H and O–H groups in total. The van der Waals surface area contributed by atoms with Crippen molar-refractivity contribution in [2.45, 2.75) is 52.4 Å². The predicted octanol–water partition coefficient (Wildman–Crippen LogP) is 13.3. The minimum atomic E-state index is -0.123. The first kappa shape index (κ1) is 33.6. The van der Waals surface area contributed by atoms with Crippen molar-refractivity contribution in [2.75, 3.05) is 4.81 Å². The van der Waals surface area contributed by atoms with Gasteiger partial charge < -0.3 is 13.8 Å². The summed E-state index contributed by atoms with van der Waals surface area (Å²) in [6, 6.07) is 56.7. The molecule has 12 rings (SSSR count). The molecular weight excluding hydrogens is 703 g/mol. The van der Waals surface area contributed by atoms with Crippen LogP contribution in [0, 0.1) is 0 Å². The highest BCUT2D eigenvalue weighted by molar-refractivity contribution is 6.94. The molecular formula is C54H43BN2O. The smallest absolute Gasteiger partial charge is 0.333 e. The first-order valence-corrected chi connectivity index (χ1v) is 20.6. The Hall–Kier alpha value is -6.52. The molecule has 0 radical (unpaired) electrons. The van der Waals surface area contributed by atoms with Crippen LogP contribution in [-0.2, 0) is 10.8 Å². The number of para-hydroxylation sites is 1. The van der Waals surface area contributed by atoms with E-state index in [-0.39, 0.29) is 17.7 Å². The molecule has 4 heterocycles. The van der Waals surface area contributed by atoms with E-state index >= 15 is 0 Å². The zero-order valence-electron chi connectivity index (χ0n) is 33.8. The molecule has 0 saturated carbocycles. The summed E-state index contributed by atoms with van der Waals surface area (Å²) in [5.74, 6) is 0. The Morgan fingerprint density at radius 1 is 0.534 bits per heavy atom. The largest absolute Gasteiger partial charge is 0.454 e. The number of nitrogens with zero attached hydrogens (tertiary/aromatic N) is 2. The molecule has 8 aromatic carbocycles. The van der Waals surface area contributed by atoms with E-state index in [0.717, 1.165) is 33.3 Å². The Labute approximate surface area is 339 Å². The van der Waals surface area contributed by atoms with Gasteiger partial charge in [0.05, 0.1) is 16.7 Å². The first-order chi connectivity index (χ1) is 28.0. The van der Waals surface area contributed by atoms with Gasteiger partial charge in [0.2, 0.25) is 0 Å². The zero-order valence-corrected chi connectivity index (χ0v) is 33.8. The summed E-state index contributed by atoms with van der Waals surface area (Å²) >= 11 is 0. The van der Waals surface area contributed by atoms with Gasteiger partial charge in [0.1, 0.15) is 5.58 Å². The second kappa shape index (κ2) is 11.5. The molecule has 0 aliphatic carbocycles. The third kappa shape index (κ3) is 4.57. The summed E-state index contributed by atoms with van der Waals surface area (Å²) in [7, 11) is 0. The average molecular weight is 747 g/mol. The summed E-state index contributed by atoms with van der Waals surface area (Å²) < 4.78 is 9.66. The van der Waals surface area contributed by atoms with Gasteiger partial charge in [-0.15, -0.1) is 0 Å². The topological polar surface area (TPSA) is 21.3 Å². The molecule has 0 amide bonds. The lowest BCUT2D eigenvalue weighted by atomic mass is 9.43. The number of furan rings is 1. The van der Waals surface area contributed by atoms with Gasteiger partial charge in [0.15, 0.2) is 5.58 Å². The standard InChI is InChI=1S/C54H43BN2O/c1-53(2,3)35-23-27-45-40(28-35)41-29-36(54(4,5)6)30-44-50(41)56(45)51-49-43(31-42-39-18-12-13-19-47(39)58-52(42)51)48-38-17-11-10-16-34(38)22-26-46(48)57(55(44)49)37-24-20-33(21-25-37)32-14-8-7-9-15-32/h7-31H,1-6H3. The van der Waals surface area contributed by atoms with Crippen molar-refractivity contribution in [2.24, 2.45) is 0 Å². The molecule has 3 nitrogen and oxygen atoms in total. The van der Waals surface area contributed by atoms with Crippen LogP contribution in [-0.4, -0.2) is 11.4 Å². The Balaban J connectivity index is 1.29. The van der Waals surface area contributed by atoms with Gasteiger partial charge in [-0.25, -0.2) is 0 Å². The van der Waals surface area contributed by atoms with Crippen LogP contribution in [0.3, 0.4) is 0 Å². The third-order valence-electron chi connectivity index (χ3n) is 13.0. The van der Waals surface area contributed by atoms with E-state index in [2.05, 4.69) is 203 Å². The van der Waals surface area contributed by atoms with Gasteiger partial charge in [-0.2, -0.15) is 0 Å². The fourth-order valence-electron chi connectivity index (χ4n) is 10.1. The normalized spacial score (nSPS) is 13.6. The van der Waals surface area contributed by atoms with Crippen molar-refractivity contribution in [1.82, 2.24) is 4.57 Å². The minimum absolute atomic E-state index is 0.00119. The van der Waals surface area contributed by atoms with Crippen LogP contribution >= 0.6 is 0 Å². The van der Waals surface area contributed by atoms with E-state index in [1.54, 1.807) is 0 Å². The molecule has 2 aliphatic rings. The van der Waals surface area contributed by atoms with Crippen molar-refractivity contribution in [1.29, 1.82) is 0 Å². The Morgan fingerprint density at radius 3 is 2.00 bits per heavy atom. The maximum atomic E-state index is 7.08. The summed E-state index contributed by atoms with van der Waals surface area (Å²) in [5.41, 5.74) is 18.1. The Bertz CT molecular complexity index is 3360. The van der Waals surface area contributed by atoms with Crippen molar-refractivity contribution in [3.05, 3.63) is 163 Å². The fourth-order valence-corrected chi connectivity index (χ4v) is 10.1. The van der Waals surface area contributed by atoms with Crippen molar-refractivity contribution in [3.8, 4) is 27.9 Å². The molecule has 0 fully saturated rings. The zero-order chi connectivity index (χ0) is 39.2. The SMILES string of the molecule is CC(C)(C)c1ccc2c(c1)c1cc(C(C)(C)C)cc3c1n2-c1c2c(cc4c1oc1ccccc14)-c1c(ccc4ccccc14)N(c1ccc(-c4ccccc4)cc1)B23. The van der Waals surface area contributed by atoms with E-state index in [1.165, 1.54) is 82.6 Å². The number of hydrogen-bond donors (Lipinski definition) is 0. The van der Waals surface area contributed by atoms with Crippen LogP contribution in [0.2, 0.25) is 0 Å². The molecule has 10 aromatic rings. The maximum Gasteiger partial charge on any atom is 0.333 e. The number of anilines is 2. The van der Waals surface area contributed by atoms with Gasteiger partial charge in [-0.1, -0.05) is 145 Å². The number of rotatable bonds is 2. The first-order valence-electron chi connectivity index (χ1n) is 20.6. The van der Waals surface area contributed by atoms with E-state index in [0.29, 0.717) is 0 Å². The minimum Gasteiger partial charge on any atom is -0.454 e. The molecule has 0 spiro atoms. The maximum absolute atomic E-state index is 7.08. The lowest BCUT2D eigenvalue weighted by Crippen LogP contribution is -2.60. The molecule has 0 saturated heterocycles. The number of hydrogen-bond acceptors (Lipinski definition) is 2. The quantitative estimate of drug-likeness (QED) is 0.164. The predicted molar refractivity (Wildman–Crippen MR) is 247 cm³/mol. The molecule has 2 aromatic heterocycles. The molecule has 0 atom stereocenters. The summed E-state index contributed by atoms with van der Waals surface area (Å²) in [5, 5.41) is 7.37. The summed E-state index contributed by atoms with van der Waals surface area (Å²) in [4.78, 5) is 2.64. The molecule has 0 unspecified atom stereocenters. The van der Waals surface area contributed by atoms with Gasteiger partial charge in [0, 0.05) is 38.5 Å². The van der Waals surface area contributed by atoms with Gasteiger partial charge in [0.25, 0.3) is 0 Å². The number of benzene rings is 8. The van der Waals surface area contributed by atoms with Crippen LogP contribution in [0.15, 0.2) is 156 Å². The summed E-state index contributed by atoms with van der Waals surface area (Å²) in [6.45, 7) is 13.9. The van der Waals surface area contributed by atoms with Gasteiger partial charge >= 0.3 is 6.85 Å². The Morgan fingerprint density at radius 2 is 1.22 bits per heavy atom. The Kier molecular flexibility index (Phi) is 6.69. The van der Waals surface area contributed by atoms with E-state index in [9.17, 15) is 0 Å². The van der Waals surface area contributed by atoms with E-state index in [1.807, 2.05) is 0 Å². The molecule has 278 valence electrons. The lowest BCUT2D eigenvalue weighted by molar-refractivity contribution is 0.590. The fraction of sp³-hybridized carbons (Fsp3) is 0.148. The van der Waals surface area contributed by atoms with E-state index in [4.69, 9.17) is 4.42 Å². The lowest BCUT2D eigenvalue weighted by Gasteiger charge is -2.43. The van der Waals surface area contributed by atoms with Crippen molar-refractivity contribution >= 4 is 83.7 Å². The third-order valence-corrected chi connectivity index (χ3v) is 13.0. The summed E-state index contributed by atoms with van der Waals surface area (Å²) in [6.07, 6.45) is 0. The van der Waals surface area contributed by atoms with Crippen molar-refractivity contribution in [3.63, 3.8) is 0 Å². The second-order valence-corrected chi connectivity index (χ2v) is 18.6. The molecule has 2 aliphatic heterocycles.